The van der Waals surface area contributed by atoms with Crippen LogP contribution in [0.5, 0.6) is 0 Å². The van der Waals surface area contributed by atoms with Gasteiger partial charge in [-0.2, -0.15) is 0 Å². The Morgan fingerprint density at radius 2 is 2.22 bits per heavy atom. The molecule has 2 N–H and O–H groups in total. The Kier molecular flexibility index (Phi) is 5.66. The summed E-state index contributed by atoms with van der Waals surface area (Å²) in [4.78, 5) is 0. The molecule has 1 heterocycles. The molecule has 3 nitrogen and oxygen atoms in total. The van der Waals surface area contributed by atoms with Gasteiger partial charge < -0.3 is 14.9 Å². The molecule has 1 fully saturated rings. The molecule has 128 valence electrons. The van der Waals surface area contributed by atoms with Crippen molar-refractivity contribution in [2.45, 2.75) is 51.2 Å². The first-order valence-corrected chi connectivity index (χ1v) is 8.45. The highest BCUT2D eigenvalue weighted by Gasteiger charge is 2.48. The molecule has 0 saturated carbocycles. The number of fused-ring (bicyclic) bond motifs is 1. The van der Waals surface area contributed by atoms with Crippen LogP contribution in [0.15, 0.2) is 48.1 Å². The molecule has 0 aromatic heterocycles. The van der Waals surface area contributed by atoms with Gasteiger partial charge in [-0.3, -0.25) is 0 Å². The van der Waals surface area contributed by atoms with E-state index in [0.29, 0.717) is 13.0 Å². The first-order chi connectivity index (χ1) is 10.8. The van der Waals surface area contributed by atoms with Crippen LogP contribution < -0.4 is 0 Å². The Hall–Kier alpha value is -1.16. The lowest BCUT2D eigenvalue weighted by Gasteiger charge is -2.33. The maximum atomic E-state index is 10.5. The van der Waals surface area contributed by atoms with E-state index in [9.17, 15) is 10.2 Å². The number of aliphatic hydroxyl groups excluding tert-OH is 1. The minimum Gasteiger partial charge on any atom is -0.393 e. The van der Waals surface area contributed by atoms with Gasteiger partial charge in [0.25, 0.3) is 0 Å². The molecular formula is C20H30O3. The molecular weight excluding hydrogens is 288 g/mol. The summed E-state index contributed by atoms with van der Waals surface area (Å²) in [7, 11) is 0. The number of rotatable bonds is 3. The minimum atomic E-state index is -0.817. The Morgan fingerprint density at radius 3 is 2.87 bits per heavy atom. The van der Waals surface area contributed by atoms with Gasteiger partial charge >= 0.3 is 0 Å². The molecule has 0 spiro atoms. The smallest absolute Gasteiger partial charge is 0.113 e. The summed E-state index contributed by atoms with van der Waals surface area (Å²) in [5.74, 6) is 0.352. The standard InChI is InChI=1S/C20H30O3/c1-15(2)7-5-11-20(14-21)18-9-12-19(4,22)10-6-8-16(3)17(18)13-23-20/h5-7,10-11,17-18,21-22H,3,8-9,12-14H2,1-2,4H3/b10-6-,11-5+/t17-,18-,19+,20-/m0/s1. The number of allylic oxidation sites excluding steroid dienone is 4. The molecule has 0 unspecified atom stereocenters. The summed E-state index contributed by atoms with van der Waals surface area (Å²) >= 11 is 0. The van der Waals surface area contributed by atoms with Crippen molar-refractivity contribution in [3.05, 3.63) is 48.1 Å². The quantitative estimate of drug-likeness (QED) is 0.618. The average molecular weight is 318 g/mol. The highest BCUT2D eigenvalue weighted by Crippen LogP contribution is 2.45. The average Bonchev–Trinajstić information content (AvgIpc) is 2.84. The predicted octanol–water partition coefficient (Wildman–Crippen LogP) is 3.55. The molecule has 23 heavy (non-hydrogen) atoms. The fourth-order valence-electron chi connectivity index (χ4n) is 3.59. The summed E-state index contributed by atoms with van der Waals surface area (Å²) in [5.41, 5.74) is 0.826. The second kappa shape index (κ2) is 7.16. The van der Waals surface area contributed by atoms with E-state index < -0.39 is 11.2 Å². The molecule has 0 aromatic carbocycles. The van der Waals surface area contributed by atoms with Gasteiger partial charge in [0.05, 0.1) is 18.8 Å². The third-order valence-electron chi connectivity index (χ3n) is 5.04. The monoisotopic (exact) mass is 318 g/mol. The lowest BCUT2D eigenvalue weighted by atomic mass is 9.74. The normalized spacial score (nSPS) is 39.4. The van der Waals surface area contributed by atoms with Crippen molar-refractivity contribution >= 4 is 0 Å². The minimum absolute atomic E-state index is 0.0515. The zero-order chi connectivity index (χ0) is 17.1. The maximum Gasteiger partial charge on any atom is 0.113 e. The largest absolute Gasteiger partial charge is 0.393 e. The van der Waals surface area contributed by atoms with Crippen LogP contribution in [0.1, 0.15) is 40.0 Å². The molecule has 0 amide bonds. The molecule has 1 aliphatic carbocycles. The van der Waals surface area contributed by atoms with E-state index in [-0.39, 0.29) is 18.4 Å². The van der Waals surface area contributed by atoms with E-state index in [4.69, 9.17) is 4.74 Å². The van der Waals surface area contributed by atoms with E-state index >= 15 is 0 Å². The Bertz CT molecular complexity index is 523. The Labute approximate surface area is 140 Å². The number of hydrogen-bond donors (Lipinski definition) is 2. The van der Waals surface area contributed by atoms with Crippen molar-refractivity contribution in [2.75, 3.05) is 13.2 Å². The van der Waals surface area contributed by atoms with Crippen molar-refractivity contribution in [3.63, 3.8) is 0 Å². The van der Waals surface area contributed by atoms with Crippen LogP contribution in [0.2, 0.25) is 0 Å². The second-order valence-corrected chi connectivity index (χ2v) is 7.40. The van der Waals surface area contributed by atoms with Gasteiger partial charge in [0.2, 0.25) is 0 Å². The fraction of sp³-hybridized carbons (Fsp3) is 0.600. The van der Waals surface area contributed by atoms with Gasteiger partial charge in [0.15, 0.2) is 0 Å². The summed E-state index contributed by atoms with van der Waals surface area (Å²) in [6.07, 6.45) is 12.1. The lowest BCUT2D eigenvalue weighted by Crippen LogP contribution is -2.40. The van der Waals surface area contributed by atoms with Crippen LogP contribution >= 0.6 is 0 Å². The van der Waals surface area contributed by atoms with Crippen LogP contribution in [0, 0.1) is 11.8 Å². The van der Waals surface area contributed by atoms with Crippen LogP contribution in [0.3, 0.4) is 0 Å². The molecule has 1 aliphatic heterocycles. The highest BCUT2D eigenvalue weighted by atomic mass is 16.5. The van der Waals surface area contributed by atoms with E-state index in [1.807, 2.05) is 51.2 Å². The summed E-state index contributed by atoms with van der Waals surface area (Å²) < 4.78 is 6.08. The molecule has 0 radical (unpaired) electrons. The van der Waals surface area contributed by atoms with Crippen molar-refractivity contribution in [2.24, 2.45) is 11.8 Å². The van der Waals surface area contributed by atoms with Gasteiger partial charge in [-0.25, -0.2) is 0 Å². The van der Waals surface area contributed by atoms with Crippen molar-refractivity contribution in [3.8, 4) is 0 Å². The van der Waals surface area contributed by atoms with E-state index in [0.717, 1.165) is 18.4 Å². The number of ether oxygens (including phenoxy) is 1. The van der Waals surface area contributed by atoms with Crippen LogP contribution in [-0.4, -0.2) is 34.6 Å². The van der Waals surface area contributed by atoms with E-state index in [1.165, 1.54) is 5.57 Å². The first-order valence-electron chi connectivity index (χ1n) is 8.45. The molecule has 3 heteroatoms. The predicted molar refractivity (Wildman–Crippen MR) is 94.1 cm³/mol. The first kappa shape index (κ1) is 18.2. The molecule has 0 bridgehead atoms. The van der Waals surface area contributed by atoms with Gasteiger partial charge in [-0.1, -0.05) is 48.1 Å². The zero-order valence-electron chi connectivity index (χ0n) is 14.6. The third-order valence-corrected chi connectivity index (χ3v) is 5.04. The maximum absolute atomic E-state index is 10.5. The molecule has 0 aromatic rings. The van der Waals surface area contributed by atoms with Gasteiger partial charge in [-0.15, -0.1) is 0 Å². The van der Waals surface area contributed by atoms with Crippen LogP contribution in [-0.2, 0) is 4.74 Å². The summed E-state index contributed by atoms with van der Waals surface area (Å²) in [5, 5.41) is 20.5. The SMILES string of the molecule is C=C1C/C=C\[C@@](C)(O)CC[C@H]2[C@H]1CO[C@@]2(/C=C/C=C(C)C)CO. The van der Waals surface area contributed by atoms with E-state index in [1.54, 1.807) is 0 Å². The second-order valence-electron chi connectivity index (χ2n) is 7.40. The Balaban J connectivity index is 2.31. The third kappa shape index (κ3) is 4.23. The van der Waals surface area contributed by atoms with Crippen LogP contribution in [0.4, 0.5) is 0 Å². The molecule has 2 rings (SSSR count). The molecule has 2 aliphatic rings. The number of hydrogen-bond acceptors (Lipinski definition) is 3. The molecule has 1 saturated heterocycles. The summed E-state index contributed by atoms with van der Waals surface area (Å²) in [6.45, 7) is 10.7. The van der Waals surface area contributed by atoms with Crippen molar-refractivity contribution in [1.29, 1.82) is 0 Å². The fourth-order valence-corrected chi connectivity index (χ4v) is 3.59. The van der Waals surface area contributed by atoms with Gasteiger partial charge in [0, 0.05) is 11.8 Å². The van der Waals surface area contributed by atoms with Crippen molar-refractivity contribution in [1.82, 2.24) is 0 Å². The van der Waals surface area contributed by atoms with Crippen molar-refractivity contribution < 1.29 is 14.9 Å². The molecule has 4 atom stereocenters. The van der Waals surface area contributed by atoms with Gasteiger partial charge in [-0.05, 0) is 40.0 Å². The zero-order valence-corrected chi connectivity index (χ0v) is 14.6. The lowest BCUT2D eigenvalue weighted by molar-refractivity contribution is -0.0294. The van der Waals surface area contributed by atoms with Gasteiger partial charge in [0.1, 0.15) is 5.60 Å². The van der Waals surface area contributed by atoms with E-state index in [2.05, 4.69) is 6.58 Å². The highest BCUT2D eigenvalue weighted by molar-refractivity contribution is 5.23. The Morgan fingerprint density at radius 1 is 1.48 bits per heavy atom. The topological polar surface area (TPSA) is 49.7 Å². The van der Waals surface area contributed by atoms with Crippen LogP contribution in [0.25, 0.3) is 0 Å². The summed E-state index contributed by atoms with van der Waals surface area (Å²) in [6, 6.07) is 0. The number of aliphatic hydroxyl groups is 2.